The summed E-state index contributed by atoms with van der Waals surface area (Å²) in [7, 11) is 0. The number of ether oxygens (including phenoxy) is 1. The van der Waals surface area contributed by atoms with Crippen molar-refractivity contribution in [2.75, 3.05) is 6.61 Å². The van der Waals surface area contributed by atoms with Crippen LogP contribution < -0.4 is 0 Å². The Hall–Kier alpha value is -1.49. The van der Waals surface area contributed by atoms with Crippen LogP contribution in [0.25, 0.3) is 0 Å². The average Bonchev–Trinajstić information content (AvgIpc) is 2.61. The molecule has 1 fully saturated rings. The van der Waals surface area contributed by atoms with Crippen molar-refractivity contribution in [1.82, 2.24) is 0 Å². The van der Waals surface area contributed by atoms with Crippen LogP contribution in [0, 0.1) is 17.6 Å². The van der Waals surface area contributed by atoms with Crippen LogP contribution in [0.15, 0.2) is 18.2 Å². The molecule has 0 aliphatic carbocycles. The van der Waals surface area contributed by atoms with Gasteiger partial charge in [0.2, 0.25) is 0 Å². The second-order valence-electron chi connectivity index (χ2n) is 4.41. The van der Waals surface area contributed by atoms with E-state index in [0.29, 0.717) is 0 Å². The van der Waals surface area contributed by atoms with Crippen LogP contribution in [0.4, 0.5) is 8.78 Å². The fraction of sp³-hybridized carbons (Fsp3) is 0.417. The van der Waals surface area contributed by atoms with Gasteiger partial charge in [-0.3, -0.25) is 4.79 Å². The normalized spacial score (nSPS) is 28.3. The predicted octanol–water partition coefficient (Wildman–Crippen LogP) is 2.30. The summed E-state index contributed by atoms with van der Waals surface area (Å²) in [6, 6.07) is 3.22. The fourth-order valence-corrected chi connectivity index (χ4v) is 2.14. The molecule has 0 radical (unpaired) electrons. The molecule has 2 atom stereocenters. The van der Waals surface area contributed by atoms with Crippen LogP contribution in [0.1, 0.15) is 18.9 Å². The molecule has 0 spiro atoms. The molecule has 0 unspecified atom stereocenters. The molecule has 5 heteroatoms. The van der Waals surface area contributed by atoms with Crippen LogP contribution in [0.2, 0.25) is 0 Å². The summed E-state index contributed by atoms with van der Waals surface area (Å²) in [6.07, 6.45) is 0.185. The minimum Gasteiger partial charge on any atom is -0.481 e. The van der Waals surface area contributed by atoms with E-state index in [2.05, 4.69) is 0 Å². The maximum atomic E-state index is 13.6. The second kappa shape index (κ2) is 4.07. The summed E-state index contributed by atoms with van der Waals surface area (Å²) < 4.78 is 31.8. The number of rotatable bonds is 2. The third-order valence-corrected chi connectivity index (χ3v) is 3.09. The van der Waals surface area contributed by atoms with E-state index >= 15 is 0 Å². The summed E-state index contributed by atoms with van der Waals surface area (Å²) >= 11 is 0. The predicted molar refractivity (Wildman–Crippen MR) is 55.4 cm³/mol. The van der Waals surface area contributed by atoms with Crippen LogP contribution in [-0.4, -0.2) is 17.7 Å². The van der Waals surface area contributed by atoms with Gasteiger partial charge in [0.05, 0.1) is 18.1 Å². The first-order valence-electron chi connectivity index (χ1n) is 5.25. The molecule has 1 aliphatic rings. The van der Waals surface area contributed by atoms with Gasteiger partial charge in [-0.1, -0.05) is 6.07 Å². The molecule has 2 rings (SSSR count). The molecule has 1 heterocycles. The van der Waals surface area contributed by atoms with Gasteiger partial charge in [0, 0.05) is 11.6 Å². The summed E-state index contributed by atoms with van der Waals surface area (Å²) in [5.41, 5.74) is -0.802. The van der Waals surface area contributed by atoms with Crippen molar-refractivity contribution in [3.63, 3.8) is 0 Å². The van der Waals surface area contributed by atoms with Gasteiger partial charge >= 0.3 is 5.97 Å². The van der Waals surface area contributed by atoms with E-state index in [1.165, 1.54) is 6.07 Å². The lowest BCUT2D eigenvalue weighted by Gasteiger charge is -2.24. The zero-order chi connectivity index (χ0) is 12.6. The molecule has 1 aromatic rings. The highest BCUT2D eigenvalue weighted by Crippen LogP contribution is 2.39. The van der Waals surface area contributed by atoms with Gasteiger partial charge in [0.25, 0.3) is 0 Å². The van der Waals surface area contributed by atoms with Crippen LogP contribution in [0.3, 0.4) is 0 Å². The van der Waals surface area contributed by atoms with Gasteiger partial charge in [0.1, 0.15) is 11.6 Å². The van der Waals surface area contributed by atoms with E-state index in [4.69, 9.17) is 9.84 Å². The van der Waals surface area contributed by atoms with E-state index in [1.54, 1.807) is 6.92 Å². The summed E-state index contributed by atoms with van der Waals surface area (Å²) in [5, 5.41) is 8.87. The Morgan fingerprint density at radius 3 is 2.76 bits per heavy atom. The summed E-state index contributed by atoms with van der Waals surface area (Å²) in [4.78, 5) is 10.8. The molecule has 1 aromatic carbocycles. The highest BCUT2D eigenvalue weighted by Gasteiger charge is 2.42. The summed E-state index contributed by atoms with van der Waals surface area (Å²) in [5.74, 6) is -2.98. The minimum atomic E-state index is -0.999. The Bertz CT molecular complexity index is 461. The van der Waals surface area contributed by atoms with E-state index in [9.17, 15) is 13.6 Å². The van der Waals surface area contributed by atoms with Gasteiger partial charge < -0.3 is 9.84 Å². The number of carboxylic acids is 1. The number of halogens is 2. The van der Waals surface area contributed by atoms with Crippen LogP contribution in [0.5, 0.6) is 0 Å². The van der Waals surface area contributed by atoms with Gasteiger partial charge in [-0.05, 0) is 19.4 Å². The number of benzene rings is 1. The number of carboxylic acid groups (broad SMARTS) is 1. The number of aliphatic carboxylic acids is 1. The fourth-order valence-electron chi connectivity index (χ4n) is 2.14. The van der Waals surface area contributed by atoms with Crippen molar-refractivity contribution in [2.24, 2.45) is 5.92 Å². The second-order valence-corrected chi connectivity index (χ2v) is 4.41. The van der Waals surface area contributed by atoms with E-state index < -0.39 is 29.1 Å². The zero-order valence-corrected chi connectivity index (χ0v) is 9.24. The molecule has 0 saturated carbocycles. The average molecular weight is 242 g/mol. The van der Waals surface area contributed by atoms with Crippen molar-refractivity contribution in [3.8, 4) is 0 Å². The molecule has 92 valence electrons. The number of carbonyl (C=O) groups is 1. The molecule has 1 N–H and O–H groups in total. The third kappa shape index (κ3) is 2.15. The largest absolute Gasteiger partial charge is 0.481 e. The Morgan fingerprint density at radius 2 is 2.24 bits per heavy atom. The first-order chi connectivity index (χ1) is 7.92. The van der Waals surface area contributed by atoms with E-state index in [0.717, 1.165) is 12.1 Å². The van der Waals surface area contributed by atoms with E-state index in [-0.39, 0.29) is 18.6 Å². The maximum Gasteiger partial charge on any atom is 0.308 e. The Morgan fingerprint density at radius 1 is 1.53 bits per heavy atom. The van der Waals surface area contributed by atoms with Gasteiger partial charge in [-0.15, -0.1) is 0 Å². The highest BCUT2D eigenvalue weighted by atomic mass is 19.1. The molecular weight excluding hydrogens is 230 g/mol. The standard InChI is InChI=1S/C12H12F2O3/c1-12(5-7(6-17-12)11(15)16)9-3-2-8(13)4-10(9)14/h2-4,7H,5-6H2,1H3,(H,15,16)/t7-,12+/m0/s1. The number of hydrogen-bond acceptors (Lipinski definition) is 2. The Kier molecular flexibility index (Phi) is 2.87. The monoisotopic (exact) mass is 242 g/mol. The quantitative estimate of drug-likeness (QED) is 0.865. The topological polar surface area (TPSA) is 46.5 Å². The highest BCUT2D eigenvalue weighted by molar-refractivity contribution is 5.70. The first kappa shape index (κ1) is 12.0. The lowest BCUT2D eigenvalue weighted by Crippen LogP contribution is -2.23. The van der Waals surface area contributed by atoms with Crippen LogP contribution in [-0.2, 0) is 15.1 Å². The van der Waals surface area contributed by atoms with Gasteiger partial charge in [-0.2, -0.15) is 0 Å². The third-order valence-electron chi connectivity index (χ3n) is 3.09. The lowest BCUT2D eigenvalue weighted by atomic mass is 9.88. The smallest absolute Gasteiger partial charge is 0.308 e. The lowest BCUT2D eigenvalue weighted by molar-refractivity contribution is -0.141. The Labute approximate surface area is 97.0 Å². The first-order valence-corrected chi connectivity index (χ1v) is 5.25. The van der Waals surface area contributed by atoms with Crippen molar-refractivity contribution in [1.29, 1.82) is 0 Å². The maximum absolute atomic E-state index is 13.6. The van der Waals surface area contributed by atoms with Gasteiger partial charge in [-0.25, -0.2) is 8.78 Å². The molecule has 3 nitrogen and oxygen atoms in total. The Balaban J connectivity index is 2.31. The van der Waals surface area contributed by atoms with Crippen molar-refractivity contribution >= 4 is 5.97 Å². The van der Waals surface area contributed by atoms with Crippen molar-refractivity contribution < 1.29 is 23.4 Å². The number of hydrogen-bond donors (Lipinski definition) is 1. The molecule has 1 aliphatic heterocycles. The van der Waals surface area contributed by atoms with Crippen LogP contribution >= 0.6 is 0 Å². The molecule has 17 heavy (non-hydrogen) atoms. The zero-order valence-electron chi connectivity index (χ0n) is 9.24. The molecular formula is C12H12F2O3. The summed E-state index contributed by atoms with van der Waals surface area (Å²) in [6.45, 7) is 1.66. The van der Waals surface area contributed by atoms with Gasteiger partial charge in [0.15, 0.2) is 0 Å². The molecule has 0 bridgehead atoms. The van der Waals surface area contributed by atoms with Crippen molar-refractivity contribution in [2.45, 2.75) is 18.9 Å². The molecule has 1 saturated heterocycles. The van der Waals surface area contributed by atoms with E-state index in [1.807, 2.05) is 0 Å². The SMILES string of the molecule is C[C@]1(c2ccc(F)cc2F)C[C@H](C(=O)O)CO1. The molecule has 0 amide bonds. The van der Waals surface area contributed by atoms with Crippen molar-refractivity contribution in [3.05, 3.63) is 35.4 Å². The minimum absolute atomic E-state index is 0.0443. The molecule has 0 aromatic heterocycles.